The molecule has 0 aliphatic heterocycles. The second-order valence-electron chi connectivity index (χ2n) is 7.34. The molecule has 0 radical (unpaired) electrons. The highest BCUT2D eigenvalue weighted by Gasteiger charge is 2.12. The summed E-state index contributed by atoms with van der Waals surface area (Å²) in [6, 6.07) is 26.7. The van der Waals surface area contributed by atoms with Crippen LogP contribution in [0.1, 0.15) is 5.56 Å². The maximum atomic E-state index is 13.2. The van der Waals surface area contributed by atoms with Crippen molar-refractivity contribution in [2.24, 2.45) is 0 Å². The smallest absolute Gasteiger partial charge is 0.279 e. The Morgan fingerprint density at radius 3 is 2.16 bits per heavy atom. The fraction of sp³-hybridized carbons (Fsp3) is 0. The molecule has 2 aromatic heterocycles. The van der Waals surface area contributed by atoms with Crippen molar-refractivity contribution in [2.75, 3.05) is 0 Å². The average Bonchev–Trinajstić information content (AvgIpc) is 3.37. The molecular formula is C26H19ClN4O. The zero-order valence-corrected chi connectivity index (χ0v) is 17.8. The molecule has 32 heavy (non-hydrogen) atoms. The largest absolute Gasteiger partial charge is 0.291 e. The first-order valence-electron chi connectivity index (χ1n) is 10.1. The van der Waals surface area contributed by atoms with Gasteiger partial charge in [0.2, 0.25) is 0 Å². The van der Waals surface area contributed by atoms with Gasteiger partial charge in [-0.3, -0.25) is 9.89 Å². The van der Waals surface area contributed by atoms with Gasteiger partial charge in [0.15, 0.2) is 0 Å². The molecule has 0 saturated carbocycles. The van der Waals surface area contributed by atoms with Gasteiger partial charge < -0.3 is 0 Å². The highest BCUT2D eigenvalue weighted by atomic mass is 35.5. The molecule has 0 bridgehead atoms. The van der Waals surface area contributed by atoms with Crippen molar-refractivity contribution in [1.82, 2.24) is 19.6 Å². The third kappa shape index (κ3) is 3.70. The number of hydrogen-bond donors (Lipinski definition) is 1. The number of benzene rings is 3. The summed E-state index contributed by atoms with van der Waals surface area (Å²) in [7, 11) is 0. The van der Waals surface area contributed by atoms with Crippen molar-refractivity contribution in [3.63, 3.8) is 0 Å². The summed E-state index contributed by atoms with van der Waals surface area (Å²) in [6.07, 6.45) is 3.75. The van der Waals surface area contributed by atoms with Crippen LogP contribution in [0.5, 0.6) is 0 Å². The summed E-state index contributed by atoms with van der Waals surface area (Å²) < 4.78 is 3.30. The van der Waals surface area contributed by atoms with Crippen molar-refractivity contribution < 1.29 is 0 Å². The molecule has 0 aliphatic carbocycles. The highest BCUT2D eigenvalue weighted by Crippen LogP contribution is 2.25. The Morgan fingerprint density at radius 2 is 1.50 bits per heavy atom. The van der Waals surface area contributed by atoms with E-state index in [1.807, 2.05) is 97.2 Å². The number of rotatable bonds is 4. The fourth-order valence-electron chi connectivity index (χ4n) is 3.60. The van der Waals surface area contributed by atoms with Crippen LogP contribution in [-0.4, -0.2) is 19.6 Å². The number of aromatic amines is 1. The van der Waals surface area contributed by atoms with E-state index in [4.69, 9.17) is 16.7 Å². The summed E-state index contributed by atoms with van der Waals surface area (Å²) in [5, 5.41) is 9.55. The summed E-state index contributed by atoms with van der Waals surface area (Å²) >= 11 is 6.08. The van der Waals surface area contributed by atoms with E-state index >= 15 is 0 Å². The second-order valence-corrected chi connectivity index (χ2v) is 7.78. The molecule has 0 amide bonds. The van der Waals surface area contributed by atoms with Gasteiger partial charge in [0.1, 0.15) is 0 Å². The van der Waals surface area contributed by atoms with E-state index in [0.717, 1.165) is 28.2 Å². The zero-order chi connectivity index (χ0) is 22.1. The van der Waals surface area contributed by atoms with E-state index in [0.29, 0.717) is 15.6 Å². The molecule has 5 nitrogen and oxygen atoms in total. The van der Waals surface area contributed by atoms with Crippen molar-refractivity contribution in [2.45, 2.75) is 0 Å². The van der Waals surface area contributed by atoms with E-state index in [2.05, 4.69) is 11.7 Å². The van der Waals surface area contributed by atoms with E-state index in [9.17, 15) is 4.79 Å². The Hall–Kier alpha value is -4.09. The first kappa shape index (κ1) is 19.8. The van der Waals surface area contributed by atoms with Gasteiger partial charge >= 0.3 is 0 Å². The summed E-state index contributed by atoms with van der Waals surface area (Å²) in [5.41, 5.74) is 3.96. The van der Waals surface area contributed by atoms with Crippen LogP contribution in [0.2, 0.25) is 5.02 Å². The maximum absolute atomic E-state index is 13.2. The van der Waals surface area contributed by atoms with Gasteiger partial charge in [0.25, 0.3) is 5.56 Å². The minimum absolute atomic E-state index is 0.171. The van der Waals surface area contributed by atoms with Crippen LogP contribution in [0.4, 0.5) is 0 Å². The molecule has 0 spiro atoms. The summed E-state index contributed by atoms with van der Waals surface area (Å²) in [6.45, 7) is 4.05. The Balaban J connectivity index is 1.72. The molecule has 156 valence electrons. The minimum Gasteiger partial charge on any atom is -0.291 e. The molecule has 0 aliphatic rings. The lowest BCUT2D eigenvalue weighted by Gasteiger charge is -2.00. The van der Waals surface area contributed by atoms with Crippen LogP contribution in [0.25, 0.3) is 35.3 Å². The van der Waals surface area contributed by atoms with E-state index in [1.54, 1.807) is 4.68 Å². The Bertz CT molecular complexity index is 1550. The van der Waals surface area contributed by atoms with E-state index in [1.165, 1.54) is 4.68 Å². The Morgan fingerprint density at radius 1 is 0.875 bits per heavy atom. The molecule has 0 atom stereocenters. The lowest BCUT2D eigenvalue weighted by molar-refractivity contribution is 0.838. The quantitative estimate of drug-likeness (QED) is 0.462. The van der Waals surface area contributed by atoms with Crippen molar-refractivity contribution >= 4 is 24.3 Å². The molecular weight excluding hydrogens is 420 g/mol. The number of para-hydroxylation sites is 2. The number of hydrogen-bond acceptors (Lipinski definition) is 2. The summed E-state index contributed by atoms with van der Waals surface area (Å²) in [5.74, 6) is 0. The molecule has 1 N–H and O–H groups in total. The topological polar surface area (TPSA) is 55.6 Å². The van der Waals surface area contributed by atoms with Crippen LogP contribution in [0.3, 0.4) is 0 Å². The van der Waals surface area contributed by atoms with Gasteiger partial charge in [-0.1, -0.05) is 66.7 Å². The van der Waals surface area contributed by atoms with Crippen molar-refractivity contribution in [3.05, 3.63) is 123 Å². The highest BCUT2D eigenvalue weighted by molar-refractivity contribution is 6.30. The molecule has 2 heterocycles. The Kier molecular flexibility index (Phi) is 5.09. The molecule has 5 rings (SSSR count). The van der Waals surface area contributed by atoms with Gasteiger partial charge in [-0.15, -0.1) is 0 Å². The third-order valence-corrected chi connectivity index (χ3v) is 5.45. The van der Waals surface area contributed by atoms with Gasteiger partial charge in [-0.2, -0.15) is 5.10 Å². The average molecular weight is 439 g/mol. The number of nitrogens with one attached hydrogen (secondary N) is 1. The van der Waals surface area contributed by atoms with Gasteiger partial charge in [0.05, 0.1) is 27.6 Å². The molecule has 3 aromatic carbocycles. The Labute approximate surface area is 189 Å². The van der Waals surface area contributed by atoms with E-state index in [-0.39, 0.29) is 5.56 Å². The predicted molar refractivity (Wildman–Crippen MR) is 129 cm³/mol. The SMILES string of the molecule is C=c1[nH]n(-c2ccccc2)c(=O)/c1=C\c1cn(-c2ccccc2)nc1-c1ccc(Cl)cc1. The van der Waals surface area contributed by atoms with Crippen LogP contribution in [0, 0.1) is 0 Å². The van der Waals surface area contributed by atoms with Crippen LogP contribution in [-0.2, 0) is 0 Å². The number of halogens is 1. The first-order valence-corrected chi connectivity index (χ1v) is 10.5. The molecule has 0 fully saturated rings. The maximum Gasteiger partial charge on any atom is 0.279 e. The molecule has 0 unspecified atom stereocenters. The first-order chi connectivity index (χ1) is 15.6. The van der Waals surface area contributed by atoms with Gasteiger partial charge in [-0.25, -0.2) is 9.36 Å². The predicted octanol–water partition coefficient (Wildman–Crippen LogP) is 3.91. The number of nitrogens with zero attached hydrogens (tertiary/aromatic N) is 3. The number of aromatic nitrogens is 4. The lowest BCUT2D eigenvalue weighted by Crippen LogP contribution is -2.33. The monoisotopic (exact) mass is 438 g/mol. The van der Waals surface area contributed by atoms with E-state index < -0.39 is 0 Å². The van der Waals surface area contributed by atoms with Crippen molar-refractivity contribution in [3.8, 4) is 22.6 Å². The summed E-state index contributed by atoms with van der Waals surface area (Å²) in [4.78, 5) is 13.2. The number of H-pyrrole nitrogens is 1. The molecule has 5 aromatic rings. The lowest BCUT2D eigenvalue weighted by atomic mass is 10.1. The van der Waals surface area contributed by atoms with Crippen LogP contribution >= 0.6 is 11.6 Å². The van der Waals surface area contributed by atoms with Crippen LogP contribution < -0.4 is 16.1 Å². The third-order valence-electron chi connectivity index (χ3n) is 5.20. The molecule has 6 heteroatoms. The van der Waals surface area contributed by atoms with Gasteiger partial charge in [-0.05, 0) is 42.5 Å². The second kappa shape index (κ2) is 8.21. The van der Waals surface area contributed by atoms with Crippen molar-refractivity contribution in [1.29, 1.82) is 0 Å². The fourth-order valence-corrected chi connectivity index (χ4v) is 3.72. The van der Waals surface area contributed by atoms with Gasteiger partial charge in [0, 0.05) is 22.3 Å². The molecule has 0 saturated heterocycles. The normalized spacial score (nSPS) is 11.7. The zero-order valence-electron chi connectivity index (χ0n) is 17.1. The minimum atomic E-state index is -0.171. The van der Waals surface area contributed by atoms with Crippen LogP contribution in [0.15, 0.2) is 95.9 Å². The standard InChI is InChI=1S/C26H19ClN4O/c1-18-24(26(32)31(28-18)23-10-6-3-7-11-23)16-20-17-30(22-8-4-2-5-9-22)29-25(20)19-12-14-21(27)15-13-19/h2-17,28H,1H2/b24-16-.